The molecule has 3 nitrogen and oxygen atoms in total. The van der Waals surface area contributed by atoms with E-state index < -0.39 is 0 Å². The van der Waals surface area contributed by atoms with E-state index in [2.05, 4.69) is 29.4 Å². The highest BCUT2D eigenvalue weighted by molar-refractivity contribution is 5.87. The lowest BCUT2D eigenvalue weighted by Gasteiger charge is -2.43. The van der Waals surface area contributed by atoms with Gasteiger partial charge in [0.2, 0.25) is 0 Å². The zero-order chi connectivity index (χ0) is 13.3. The Morgan fingerprint density at radius 3 is 2.58 bits per heavy atom. The standard InChI is InChI=1S/C16H21N2O/c1-18-12-14(11-13-7-3-2-4-8-13)17-15(19)16(18)9-5-6-10-16/h2-4,7-8,14H,5-6,9-12H2,1H3. The van der Waals surface area contributed by atoms with Crippen LogP contribution in [-0.4, -0.2) is 36.0 Å². The summed E-state index contributed by atoms with van der Waals surface area (Å²) in [4.78, 5) is 14.7. The lowest BCUT2D eigenvalue weighted by atomic mass is 9.89. The SMILES string of the molecule is CN1CC(Cc2ccccc2)[N]C(=O)C12CCCC2. The second-order valence-corrected chi connectivity index (χ2v) is 5.90. The molecule has 2 aliphatic rings. The minimum atomic E-state index is -0.257. The summed E-state index contributed by atoms with van der Waals surface area (Å²) in [5.41, 5.74) is 1.01. The summed E-state index contributed by atoms with van der Waals surface area (Å²) in [7, 11) is 2.09. The number of carbonyl (C=O) groups is 1. The van der Waals surface area contributed by atoms with E-state index in [-0.39, 0.29) is 17.5 Å². The van der Waals surface area contributed by atoms with Crippen molar-refractivity contribution in [1.82, 2.24) is 10.2 Å². The molecule has 19 heavy (non-hydrogen) atoms. The smallest absolute Gasteiger partial charge is 0.261 e. The Morgan fingerprint density at radius 2 is 1.95 bits per heavy atom. The molecule has 1 aliphatic carbocycles. The van der Waals surface area contributed by atoms with E-state index in [1.807, 2.05) is 18.2 Å². The van der Waals surface area contributed by atoms with Crippen molar-refractivity contribution in [3.63, 3.8) is 0 Å². The molecule has 1 amide bonds. The average molecular weight is 257 g/mol. The molecular weight excluding hydrogens is 236 g/mol. The third-order valence-electron chi connectivity index (χ3n) is 4.66. The number of hydrogen-bond donors (Lipinski definition) is 0. The number of rotatable bonds is 2. The van der Waals surface area contributed by atoms with E-state index in [4.69, 9.17) is 0 Å². The maximum absolute atomic E-state index is 12.4. The molecule has 101 valence electrons. The van der Waals surface area contributed by atoms with Crippen LogP contribution >= 0.6 is 0 Å². The summed E-state index contributed by atoms with van der Waals surface area (Å²) >= 11 is 0. The average Bonchev–Trinajstić information content (AvgIpc) is 2.88. The van der Waals surface area contributed by atoms with Crippen LogP contribution in [0.1, 0.15) is 31.2 Å². The molecule has 1 radical (unpaired) electrons. The largest absolute Gasteiger partial charge is 0.290 e. The van der Waals surface area contributed by atoms with Crippen molar-refractivity contribution in [3.05, 3.63) is 35.9 Å². The normalized spacial score (nSPS) is 26.6. The van der Waals surface area contributed by atoms with Gasteiger partial charge in [-0.2, -0.15) is 0 Å². The number of piperazine rings is 1. The highest BCUT2D eigenvalue weighted by Gasteiger charge is 2.49. The van der Waals surface area contributed by atoms with Gasteiger partial charge < -0.3 is 0 Å². The zero-order valence-electron chi connectivity index (χ0n) is 11.5. The molecule has 0 bridgehead atoms. The molecule has 1 aromatic carbocycles. The Labute approximate surface area is 115 Å². The highest BCUT2D eigenvalue weighted by Crippen LogP contribution is 2.37. The Hall–Kier alpha value is -1.35. The summed E-state index contributed by atoms with van der Waals surface area (Å²) < 4.78 is 0. The highest BCUT2D eigenvalue weighted by atomic mass is 16.2. The summed E-state index contributed by atoms with van der Waals surface area (Å²) in [6.07, 6.45) is 5.17. The molecule has 3 rings (SSSR count). The molecule has 0 aromatic heterocycles. The predicted octanol–water partition coefficient (Wildman–Crippen LogP) is 1.99. The first kappa shape index (κ1) is 12.7. The first-order chi connectivity index (χ1) is 9.21. The fourth-order valence-electron chi connectivity index (χ4n) is 3.53. The van der Waals surface area contributed by atoms with Crippen LogP contribution in [0.15, 0.2) is 30.3 Å². The van der Waals surface area contributed by atoms with Gasteiger partial charge in [-0.15, -0.1) is 0 Å². The lowest BCUT2D eigenvalue weighted by Crippen LogP contribution is -2.63. The van der Waals surface area contributed by atoms with E-state index in [0.717, 1.165) is 38.6 Å². The second-order valence-electron chi connectivity index (χ2n) is 5.90. The Kier molecular flexibility index (Phi) is 3.31. The molecule has 1 unspecified atom stereocenters. The van der Waals surface area contributed by atoms with Crippen LogP contribution in [0.5, 0.6) is 0 Å². The number of likely N-dealkylation sites (N-methyl/N-ethyl adjacent to an activating group) is 1. The van der Waals surface area contributed by atoms with Gasteiger partial charge in [0.05, 0.1) is 6.04 Å². The molecule has 1 aromatic rings. The number of amides is 1. The fourth-order valence-corrected chi connectivity index (χ4v) is 3.53. The van der Waals surface area contributed by atoms with Crippen LogP contribution in [0.2, 0.25) is 0 Å². The molecule has 2 fully saturated rings. The first-order valence-electron chi connectivity index (χ1n) is 7.21. The Balaban J connectivity index is 1.70. The molecule has 3 heteroatoms. The second kappa shape index (κ2) is 4.97. The summed E-state index contributed by atoms with van der Waals surface area (Å²) in [6, 6.07) is 10.4. The van der Waals surface area contributed by atoms with Gasteiger partial charge in [0.1, 0.15) is 5.54 Å². The molecule has 1 aliphatic heterocycles. The molecule has 1 saturated carbocycles. The quantitative estimate of drug-likeness (QED) is 0.812. The van der Waals surface area contributed by atoms with Gasteiger partial charge in [0.15, 0.2) is 0 Å². The molecule has 1 atom stereocenters. The Bertz CT molecular complexity index is 451. The number of hydrogen-bond acceptors (Lipinski definition) is 2. The number of nitrogens with zero attached hydrogens (tertiary/aromatic N) is 2. The minimum Gasteiger partial charge on any atom is -0.290 e. The van der Waals surface area contributed by atoms with Crippen molar-refractivity contribution in [1.29, 1.82) is 0 Å². The molecule has 0 N–H and O–H groups in total. The van der Waals surface area contributed by atoms with Gasteiger partial charge in [0.25, 0.3) is 5.91 Å². The van der Waals surface area contributed by atoms with Crippen LogP contribution in [0, 0.1) is 0 Å². The van der Waals surface area contributed by atoms with Crippen LogP contribution < -0.4 is 5.32 Å². The van der Waals surface area contributed by atoms with E-state index in [0.29, 0.717) is 0 Å². The van der Waals surface area contributed by atoms with Crippen LogP contribution in [0.4, 0.5) is 0 Å². The topological polar surface area (TPSA) is 34.4 Å². The van der Waals surface area contributed by atoms with Crippen LogP contribution in [0.3, 0.4) is 0 Å². The fraction of sp³-hybridized carbons (Fsp3) is 0.562. The lowest BCUT2D eigenvalue weighted by molar-refractivity contribution is -0.138. The van der Waals surface area contributed by atoms with Crippen molar-refractivity contribution in [2.45, 2.75) is 43.7 Å². The van der Waals surface area contributed by atoms with E-state index in [9.17, 15) is 4.79 Å². The van der Waals surface area contributed by atoms with Gasteiger partial charge in [-0.3, -0.25) is 9.69 Å². The summed E-state index contributed by atoms with van der Waals surface area (Å²) in [6.45, 7) is 0.903. The Morgan fingerprint density at radius 1 is 1.26 bits per heavy atom. The van der Waals surface area contributed by atoms with E-state index in [1.165, 1.54) is 5.56 Å². The third kappa shape index (κ3) is 2.27. The van der Waals surface area contributed by atoms with Crippen LogP contribution in [-0.2, 0) is 11.2 Å². The number of benzene rings is 1. The van der Waals surface area contributed by atoms with Gasteiger partial charge in [-0.1, -0.05) is 43.2 Å². The summed E-state index contributed by atoms with van der Waals surface area (Å²) in [5.74, 6) is 0.125. The predicted molar refractivity (Wildman–Crippen MR) is 74.9 cm³/mol. The van der Waals surface area contributed by atoms with Gasteiger partial charge in [-0.25, -0.2) is 5.32 Å². The molecule has 1 spiro atoms. The number of carbonyl (C=O) groups excluding carboxylic acids is 1. The van der Waals surface area contributed by atoms with Gasteiger partial charge >= 0.3 is 0 Å². The van der Waals surface area contributed by atoms with E-state index in [1.54, 1.807) is 0 Å². The molecule has 1 heterocycles. The van der Waals surface area contributed by atoms with Crippen molar-refractivity contribution >= 4 is 5.91 Å². The third-order valence-corrected chi connectivity index (χ3v) is 4.66. The monoisotopic (exact) mass is 257 g/mol. The molecule has 1 saturated heterocycles. The van der Waals surface area contributed by atoms with E-state index >= 15 is 0 Å². The van der Waals surface area contributed by atoms with Crippen molar-refractivity contribution in [3.8, 4) is 0 Å². The maximum atomic E-state index is 12.4. The molecular formula is C16H21N2O. The van der Waals surface area contributed by atoms with Gasteiger partial charge in [-0.05, 0) is 31.9 Å². The van der Waals surface area contributed by atoms with Crippen molar-refractivity contribution in [2.75, 3.05) is 13.6 Å². The van der Waals surface area contributed by atoms with Crippen LogP contribution in [0.25, 0.3) is 0 Å². The van der Waals surface area contributed by atoms with Crippen molar-refractivity contribution in [2.24, 2.45) is 0 Å². The maximum Gasteiger partial charge on any atom is 0.261 e. The first-order valence-corrected chi connectivity index (χ1v) is 7.21. The zero-order valence-corrected chi connectivity index (χ0v) is 11.5. The van der Waals surface area contributed by atoms with Crippen molar-refractivity contribution < 1.29 is 4.79 Å². The van der Waals surface area contributed by atoms with Gasteiger partial charge in [0, 0.05) is 6.54 Å². The summed E-state index contributed by atoms with van der Waals surface area (Å²) in [5, 5.41) is 4.48. The minimum absolute atomic E-state index is 0.117.